The second-order valence-corrected chi connectivity index (χ2v) is 7.02. The predicted octanol–water partition coefficient (Wildman–Crippen LogP) is 2.01. The number of aliphatic carboxylic acids is 1. The van der Waals surface area contributed by atoms with Crippen molar-refractivity contribution in [3.63, 3.8) is 0 Å². The van der Waals surface area contributed by atoms with E-state index in [-0.39, 0.29) is 10.9 Å². The maximum atomic E-state index is 13.2. The lowest BCUT2D eigenvalue weighted by Gasteiger charge is -2.26. The highest BCUT2D eigenvalue weighted by Gasteiger charge is 2.50. The van der Waals surface area contributed by atoms with E-state index in [0.717, 1.165) is 18.2 Å². The normalized spacial score (nSPS) is 18.6. The number of carboxylic acids is 1. The minimum atomic E-state index is -4.22. The Morgan fingerprint density at radius 2 is 2.10 bits per heavy atom. The molecule has 1 aliphatic carbocycles. The summed E-state index contributed by atoms with van der Waals surface area (Å²) in [4.78, 5) is 10.9. The maximum Gasteiger partial charge on any atom is 0.324 e. The number of halogens is 2. The maximum absolute atomic E-state index is 13.2. The minimum Gasteiger partial charge on any atom is -0.480 e. The highest BCUT2D eigenvalue weighted by molar-refractivity contribution is 7.89. The van der Waals surface area contributed by atoms with Crippen LogP contribution < -0.4 is 4.72 Å². The quantitative estimate of drug-likeness (QED) is 0.869. The third-order valence-electron chi connectivity index (χ3n) is 3.37. The van der Waals surface area contributed by atoms with E-state index in [2.05, 4.69) is 4.72 Å². The van der Waals surface area contributed by atoms with Crippen molar-refractivity contribution in [3.05, 3.63) is 29.0 Å². The Balaban J connectivity index is 2.40. The highest BCUT2D eigenvalue weighted by atomic mass is 35.5. The van der Waals surface area contributed by atoms with Crippen LogP contribution in [0.15, 0.2) is 23.1 Å². The Hall–Kier alpha value is -1.18. The zero-order valence-electron chi connectivity index (χ0n) is 10.6. The van der Waals surface area contributed by atoms with Crippen LogP contribution in [0.5, 0.6) is 0 Å². The van der Waals surface area contributed by atoms with Crippen molar-refractivity contribution in [2.45, 2.75) is 30.2 Å². The number of hydrogen-bond acceptors (Lipinski definition) is 3. The summed E-state index contributed by atoms with van der Waals surface area (Å²) in [6.07, 6.45) is 1.25. The van der Waals surface area contributed by atoms with E-state index in [1.54, 1.807) is 0 Å². The Morgan fingerprint density at radius 1 is 1.50 bits per heavy atom. The van der Waals surface area contributed by atoms with Gasteiger partial charge in [-0.05, 0) is 43.9 Å². The molecule has 1 unspecified atom stereocenters. The van der Waals surface area contributed by atoms with Crippen LogP contribution in [0.4, 0.5) is 4.39 Å². The van der Waals surface area contributed by atoms with Gasteiger partial charge in [0.15, 0.2) is 0 Å². The molecule has 0 spiro atoms. The molecule has 5 nitrogen and oxygen atoms in total. The van der Waals surface area contributed by atoms with E-state index in [4.69, 9.17) is 11.6 Å². The van der Waals surface area contributed by atoms with E-state index < -0.39 is 32.2 Å². The summed E-state index contributed by atoms with van der Waals surface area (Å²) in [6, 6.07) is 2.90. The SMILES string of the molecule is CC(NS(=O)(=O)c1cc(F)ccc1Cl)(C(=O)O)C1CC1. The van der Waals surface area contributed by atoms with Crippen LogP contribution in [0.25, 0.3) is 0 Å². The van der Waals surface area contributed by atoms with Crippen molar-refractivity contribution in [2.75, 3.05) is 0 Å². The molecule has 0 aliphatic heterocycles. The van der Waals surface area contributed by atoms with Crippen LogP contribution in [0.2, 0.25) is 5.02 Å². The lowest BCUT2D eigenvalue weighted by molar-refractivity contribution is -0.144. The molecule has 1 aromatic rings. The molecule has 0 bridgehead atoms. The van der Waals surface area contributed by atoms with Crippen molar-refractivity contribution >= 4 is 27.6 Å². The molecule has 110 valence electrons. The molecule has 2 rings (SSSR count). The molecule has 0 amide bonds. The van der Waals surface area contributed by atoms with E-state index in [9.17, 15) is 22.7 Å². The third-order valence-corrected chi connectivity index (χ3v) is 5.42. The summed E-state index contributed by atoms with van der Waals surface area (Å²) in [7, 11) is -4.22. The fourth-order valence-electron chi connectivity index (χ4n) is 1.98. The average Bonchev–Trinajstić information content (AvgIpc) is 3.15. The van der Waals surface area contributed by atoms with E-state index in [0.29, 0.717) is 12.8 Å². The largest absolute Gasteiger partial charge is 0.480 e. The topological polar surface area (TPSA) is 83.5 Å². The van der Waals surface area contributed by atoms with Gasteiger partial charge in [0.1, 0.15) is 16.3 Å². The van der Waals surface area contributed by atoms with Gasteiger partial charge in [-0.2, -0.15) is 4.72 Å². The summed E-state index contributed by atoms with van der Waals surface area (Å²) in [5.41, 5.74) is -1.62. The van der Waals surface area contributed by atoms with Crippen molar-refractivity contribution in [3.8, 4) is 0 Å². The van der Waals surface area contributed by atoms with Gasteiger partial charge in [0.25, 0.3) is 0 Å². The molecular formula is C12H13ClFNO4S. The van der Waals surface area contributed by atoms with E-state index in [1.807, 2.05) is 0 Å². The minimum absolute atomic E-state index is 0.164. The number of carboxylic acid groups (broad SMARTS) is 1. The first kappa shape index (κ1) is 15.2. The van der Waals surface area contributed by atoms with Crippen molar-refractivity contribution in [1.82, 2.24) is 4.72 Å². The first-order chi connectivity index (χ1) is 9.17. The Kier molecular flexibility index (Phi) is 3.79. The number of carbonyl (C=O) groups is 1. The molecule has 0 saturated heterocycles. The van der Waals surface area contributed by atoms with Crippen molar-refractivity contribution in [2.24, 2.45) is 5.92 Å². The lowest BCUT2D eigenvalue weighted by atomic mass is 9.98. The van der Waals surface area contributed by atoms with Crippen LogP contribution in [0.3, 0.4) is 0 Å². The zero-order valence-corrected chi connectivity index (χ0v) is 12.1. The molecule has 0 aromatic heterocycles. The Labute approximate surface area is 120 Å². The Morgan fingerprint density at radius 3 is 2.60 bits per heavy atom. The molecule has 1 aliphatic rings. The van der Waals surface area contributed by atoms with Gasteiger partial charge < -0.3 is 5.11 Å². The number of hydrogen-bond donors (Lipinski definition) is 2. The second-order valence-electron chi connectivity index (χ2n) is 4.96. The summed E-state index contributed by atoms with van der Waals surface area (Å²) in [5, 5.41) is 9.08. The second kappa shape index (κ2) is 4.98. The fraction of sp³-hybridized carbons (Fsp3) is 0.417. The van der Waals surface area contributed by atoms with Gasteiger partial charge in [0.05, 0.1) is 5.02 Å². The first-order valence-corrected chi connectivity index (χ1v) is 7.75. The molecule has 1 saturated carbocycles. The third kappa shape index (κ3) is 2.79. The van der Waals surface area contributed by atoms with Crippen molar-refractivity contribution in [1.29, 1.82) is 0 Å². The fourth-order valence-corrected chi connectivity index (χ4v) is 3.92. The molecule has 1 atom stereocenters. The molecule has 8 heteroatoms. The number of sulfonamides is 1. The van der Waals surface area contributed by atoms with Gasteiger partial charge in [-0.1, -0.05) is 11.6 Å². The van der Waals surface area contributed by atoms with Gasteiger partial charge in [-0.15, -0.1) is 0 Å². The van der Waals surface area contributed by atoms with Crippen LogP contribution in [0, 0.1) is 11.7 Å². The molecule has 0 radical (unpaired) electrons. The van der Waals surface area contributed by atoms with E-state index in [1.165, 1.54) is 6.92 Å². The van der Waals surface area contributed by atoms with Crippen LogP contribution in [0.1, 0.15) is 19.8 Å². The molecule has 0 heterocycles. The average molecular weight is 322 g/mol. The van der Waals surface area contributed by atoms with Crippen LogP contribution in [-0.4, -0.2) is 25.0 Å². The lowest BCUT2D eigenvalue weighted by Crippen LogP contribution is -2.53. The van der Waals surface area contributed by atoms with Gasteiger partial charge in [0, 0.05) is 0 Å². The molecular weight excluding hydrogens is 309 g/mol. The van der Waals surface area contributed by atoms with Gasteiger partial charge in [0.2, 0.25) is 10.0 Å². The Bertz CT molecular complexity index is 659. The standard InChI is InChI=1S/C12H13ClFNO4S/c1-12(11(16)17,7-2-3-7)15-20(18,19)10-6-8(14)4-5-9(10)13/h4-7,15H,2-3H2,1H3,(H,16,17). The number of rotatable bonds is 5. The predicted molar refractivity (Wildman–Crippen MR) is 70.5 cm³/mol. The van der Waals surface area contributed by atoms with Crippen molar-refractivity contribution < 1.29 is 22.7 Å². The smallest absolute Gasteiger partial charge is 0.324 e. The monoisotopic (exact) mass is 321 g/mol. The number of nitrogens with one attached hydrogen (secondary N) is 1. The number of benzene rings is 1. The summed E-state index contributed by atoms with van der Waals surface area (Å²) in [5.74, 6) is -2.31. The zero-order chi connectivity index (χ0) is 15.1. The van der Waals surface area contributed by atoms with Gasteiger partial charge in [-0.3, -0.25) is 4.79 Å². The first-order valence-electron chi connectivity index (χ1n) is 5.89. The van der Waals surface area contributed by atoms with Gasteiger partial charge >= 0.3 is 5.97 Å². The summed E-state index contributed by atoms with van der Waals surface area (Å²) in [6.45, 7) is 1.30. The van der Waals surface area contributed by atoms with Crippen LogP contribution >= 0.6 is 11.6 Å². The summed E-state index contributed by atoms with van der Waals surface area (Å²) >= 11 is 5.75. The molecule has 2 N–H and O–H groups in total. The van der Waals surface area contributed by atoms with Gasteiger partial charge in [-0.25, -0.2) is 12.8 Å². The van der Waals surface area contributed by atoms with Crippen LogP contribution in [-0.2, 0) is 14.8 Å². The highest BCUT2D eigenvalue weighted by Crippen LogP contribution is 2.40. The molecule has 20 heavy (non-hydrogen) atoms. The summed E-state index contributed by atoms with van der Waals surface area (Å²) < 4.78 is 39.8. The van der Waals surface area contributed by atoms with E-state index >= 15 is 0 Å². The molecule has 1 aromatic carbocycles. The molecule has 1 fully saturated rings.